The number of nitrogens with zero attached hydrogens (tertiary/aromatic N) is 1. The van der Waals surface area contributed by atoms with Gasteiger partial charge in [-0.25, -0.2) is 13.9 Å². The minimum atomic E-state index is -3.95. The van der Waals surface area contributed by atoms with Gasteiger partial charge < -0.3 is 5.11 Å². The van der Waals surface area contributed by atoms with Crippen LogP contribution in [-0.2, 0) is 14.8 Å². The molecule has 0 bridgehead atoms. The molecule has 0 aliphatic heterocycles. The SMILES string of the molecule is CCCCCCCCCCN(CC(=O)NO)S(=O)(=O)c1ccc(C)c(O)c1. The highest BCUT2D eigenvalue weighted by Crippen LogP contribution is 2.24. The number of amides is 1. The zero-order chi connectivity index (χ0) is 20.3. The lowest BCUT2D eigenvalue weighted by molar-refractivity contribution is -0.129. The molecule has 0 spiro atoms. The maximum atomic E-state index is 12.8. The number of phenolic OH excluding ortho intramolecular Hbond substituents is 1. The number of carbonyl (C=O) groups excluding carboxylic acids is 1. The smallest absolute Gasteiger partial charge is 0.258 e. The number of phenols is 1. The van der Waals surface area contributed by atoms with E-state index in [0.29, 0.717) is 12.0 Å². The van der Waals surface area contributed by atoms with Gasteiger partial charge in [-0.3, -0.25) is 10.0 Å². The molecule has 0 atom stereocenters. The molecule has 27 heavy (non-hydrogen) atoms. The molecular formula is C19H32N2O5S. The number of sulfonamides is 1. The van der Waals surface area contributed by atoms with Gasteiger partial charge in [0.05, 0.1) is 11.4 Å². The molecule has 0 fully saturated rings. The Balaban J connectivity index is 2.70. The van der Waals surface area contributed by atoms with Crippen molar-refractivity contribution in [3.8, 4) is 5.75 Å². The summed E-state index contributed by atoms with van der Waals surface area (Å²) >= 11 is 0. The Hall–Kier alpha value is -1.64. The van der Waals surface area contributed by atoms with Gasteiger partial charge in [0.1, 0.15) is 5.75 Å². The summed E-state index contributed by atoms with van der Waals surface area (Å²) in [5.74, 6) is -0.913. The average Bonchev–Trinajstić information content (AvgIpc) is 2.64. The lowest BCUT2D eigenvalue weighted by Crippen LogP contribution is -2.40. The zero-order valence-electron chi connectivity index (χ0n) is 16.3. The van der Waals surface area contributed by atoms with Gasteiger partial charge in [0.15, 0.2) is 0 Å². The average molecular weight is 401 g/mol. The Kier molecular flexibility index (Phi) is 10.4. The molecule has 0 unspecified atom stereocenters. The van der Waals surface area contributed by atoms with Crippen LogP contribution in [0.5, 0.6) is 5.75 Å². The first-order chi connectivity index (χ1) is 12.8. The highest BCUT2D eigenvalue weighted by molar-refractivity contribution is 7.89. The van der Waals surface area contributed by atoms with Crippen LogP contribution in [-0.4, -0.2) is 42.0 Å². The summed E-state index contributed by atoms with van der Waals surface area (Å²) in [5.41, 5.74) is 2.04. The predicted octanol–water partition coefficient (Wildman–Crippen LogP) is 3.34. The van der Waals surface area contributed by atoms with Gasteiger partial charge in [-0.1, -0.05) is 57.9 Å². The minimum absolute atomic E-state index is 0.0732. The van der Waals surface area contributed by atoms with Crippen LogP contribution in [0.1, 0.15) is 63.9 Å². The molecule has 0 aliphatic rings. The van der Waals surface area contributed by atoms with Gasteiger partial charge in [-0.05, 0) is 25.0 Å². The number of nitrogens with one attached hydrogen (secondary N) is 1. The number of carbonyl (C=O) groups is 1. The van der Waals surface area contributed by atoms with E-state index >= 15 is 0 Å². The van der Waals surface area contributed by atoms with Gasteiger partial charge in [0.2, 0.25) is 10.0 Å². The van der Waals surface area contributed by atoms with Crippen LogP contribution in [0.4, 0.5) is 0 Å². The Morgan fingerprint density at radius 1 is 1.07 bits per heavy atom. The van der Waals surface area contributed by atoms with E-state index in [2.05, 4.69) is 6.92 Å². The first-order valence-corrected chi connectivity index (χ1v) is 11.0. The molecule has 0 aliphatic carbocycles. The second-order valence-electron chi connectivity index (χ2n) is 6.80. The molecular weight excluding hydrogens is 368 g/mol. The van der Waals surface area contributed by atoms with Gasteiger partial charge in [0.25, 0.3) is 5.91 Å². The number of hydrogen-bond acceptors (Lipinski definition) is 5. The molecule has 1 amide bonds. The second kappa shape index (κ2) is 11.9. The first-order valence-electron chi connectivity index (χ1n) is 9.55. The summed E-state index contributed by atoms with van der Waals surface area (Å²) in [7, 11) is -3.95. The number of hydroxylamine groups is 1. The van der Waals surface area contributed by atoms with Crippen LogP contribution in [0.15, 0.2) is 23.1 Å². The summed E-state index contributed by atoms with van der Waals surface area (Å²) in [6.45, 7) is 3.55. The quantitative estimate of drug-likeness (QED) is 0.267. The molecule has 1 rings (SSSR count). The molecule has 1 aromatic rings. The third kappa shape index (κ3) is 7.86. The molecule has 8 heteroatoms. The van der Waals surface area contributed by atoms with E-state index < -0.39 is 22.5 Å². The number of unbranched alkanes of at least 4 members (excludes halogenated alkanes) is 7. The molecule has 7 nitrogen and oxygen atoms in total. The molecule has 0 radical (unpaired) electrons. The van der Waals surface area contributed by atoms with E-state index in [1.807, 2.05) is 0 Å². The van der Waals surface area contributed by atoms with E-state index in [4.69, 9.17) is 5.21 Å². The maximum absolute atomic E-state index is 12.8. The number of benzene rings is 1. The highest BCUT2D eigenvalue weighted by Gasteiger charge is 2.26. The molecule has 0 aromatic heterocycles. The Morgan fingerprint density at radius 3 is 2.22 bits per heavy atom. The van der Waals surface area contributed by atoms with Crippen LogP contribution < -0.4 is 5.48 Å². The van der Waals surface area contributed by atoms with Crippen molar-refractivity contribution >= 4 is 15.9 Å². The summed E-state index contributed by atoms with van der Waals surface area (Å²) in [6, 6.07) is 4.10. The standard InChI is InChI=1S/C19H32N2O5S/c1-3-4-5-6-7-8-9-10-13-21(15-19(23)20-24)27(25,26)17-12-11-16(2)18(22)14-17/h11-12,14,22,24H,3-10,13,15H2,1-2H3,(H,20,23). The molecule has 1 aromatic carbocycles. The molecule has 0 heterocycles. The van der Waals surface area contributed by atoms with Crippen molar-refractivity contribution in [2.75, 3.05) is 13.1 Å². The number of hydrogen-bond donors (Lipinski definition) is 3. The lowest BCUT2D eigenvalue weighted by atomic mass is 10.1. The number of rotatable bonds is 13. The van der Waals surface area contributed by atoms with Gasteiger partial charge >= 0.3 is 0 Å². The van der Waals surface area contributed by atoms with Crippen LogP contribution in [0, 0.1) is 6.92 Å². The van der Waals surface area contributed by atoms with Gasteiger partial charge in [-0.15, -0.1) is 0 Å². The van der Waals surface area contributed by atoms with Crippen molar-refractivity contribution in [2.45, 2.75) is 70.1 Å². The minimum Gasteiger partial charge on any atom is -0.508 e. The normalized spacial score (nSPS) is 11.7. The van der Waals surface area contributed by atoms with Crippen molar-refractivity contribution in [2.24, 2.45) is 0 Å². The maximum Gasteiger partial charge on any atom is 0.258 e. The van der Waals surface area contributed by atoms with E-state index in [9.17, 15) is 18.3 Å². The van der Waals surface area contributed by atoms with Crippen molar-refractivity contribution < 1.29 is 23.5 Å². The van der Waals surface area contributed by atoms with Crippen molar-refractivity contribution in [3.05, 3.63) is 23.8 Å². The van der Waals surface area contributed by atoms with Gasteiger partial charge in [0, 0.05) is 12.6 Å². The third-order valence-corrected chi connectivity index (χ3v) is 6.37. The number of aryl methyl sites for hydroxylation is 1. The van der Waals surface area contributed by atoms with E-state index in [-0.39, 0.29) is 17.2 Å². The van der Waals surface area contributed by atoms with Crippen LogP contribution in [0.25, 0.3) is 0 Å². The first kappa shape index (κ1) is 23.4. The summed E-state index contributed by atoms with van der Waals surface area (Å²) < 4.78 is 26.7. The van der Waals surface area contributed by atoms with E-state index in [1.165, 1.54) is 49.4 Å². The Bertz CT molecular complexity index is 691. The Morgan fingerprint density at radius 2 is 1.67 bits per heavy atom. The fraction of sp³-hybridized carbons (Fsp3) is 0.632. The van der Waals surface area contributed by atoms with Crippen molar-refractivity contribution in [1.29, 1.82) is 0 Å². The zero-order valence-corrected chi connectivity index (χ0v) is 17.1. The van der Waals surface area contributed by atoms with Crippen LogP contribution >= 0.6 is 0 Å². The topological polar surface area (TPSA) is 107 Å². The molecule has 154 valence electrons. The fourth-order valence-corrected chi connectivity index (χ4v) is 4.26. The monoisotopic (exact) mass is 400 g/mol. The lowest BCUT2D eigenvalue weighted by Gasteiger charge is -2.21. The molecule has 3 N–H and O–H groups in total. The number of aromatic hydroxyl groups is 1. The summed E-state index contributed by atoms with van der Waals surface area (Å²) in [4.78, 5) is 11.5. The van der Waals surface area contributed by atoms with Crippen LogP contribution in [0.3, 0.4) is 0 Å². The third-order valence-electron chi connectivity index (χ3n) is 4.52. The van der Waals surface area contributed by atoms with Crippen LogP contribution in [0.2, 0.25) is 0 Å². The second-order valence-corrected chi connectivity index (χ2v) is 8.73. The molecule has 0 saturated heterocycles. The largest absolute Gasteiger partial charge is 0.508 e. The van der Waals surface area contributed by atoms with Gasteiger partial charge in [-0.2, -0.15) is 4.31 Å². The van der Waals surface area contributed by atoms with Crippen molar-refractivity contribution in [1.82, 2.24) is 9.79 Å². The summed E-state index contributed by atoms with van der Waals surface area (Å²) in [5, 5.41) is 18.6. The summed E-state index contributed by atoms with van der Waals surface area (Å²) in [6.07, 6.45) is 8.50. The fourth-order valence-electron chi connectivity index (χ4n) is 2.80. The van der Waals surface area contributed by atoms with Crippen molar-refractivity contribution in [3.63, 3.8) is 0 Å². The van der Waals surface area contributed by atoms with E-state index in [1.54, 1.807) is 6.92 Å². The van der Waals surface area contributed by atoms with E-state index in [0.717, 1.165) is 23.6 Å². The molecule has 0 saturated carbocycles. The highest BCUT2D eigenvalue weighted by atomic mass is 32.2. The Labute approximate surface area is 162 Å². The predicted molar refractivity (Wildman–Crippen MR) is 104 cm³/mol.